The molecule has 0 aliphatic rings. The molecular formula is C28H54O3. The molecule has 0 aliphatic carbocycles. The summed E-state index contributed by atoms with van der Waals surface area (Å²) in [6, 6.07) is 0. The second-order valence-electron chi connectivity index (χ2n) is 9.18. The van der Waals surface area contributed by atoms with Crippen molar-refractivity contribution >= 4 is 5.97 Å². The predicted molar refractivity (Wildman–Crippen MR) is 135 cm³/mol. The van der Waals surface area contributed by atoms with Crippen LogP contribution in [0.15, 0.2) is 12.2 Å². The average Bonchev–Trinajstić information content (AvgIpc) is 2.76. The van der Waals surface area contributed by atoms with Gasteiger partial charge in [-0.15, -0.1) is 0 Å². The van der Waals surface area contributed by atoms with Crippen molar-refractivity contribution in [3.63, 3.8) is 0 Å². The van der Waals surface area contributed by atoms with Crippen LogP contribution in [0.3, 0.4) is 0 Å². The van der Waals surface area contributed by atoms with E-state index in [1.54, 1.807) is 6.92 Å². The van der Waals surface area contributed by atoms with Gasteiger partial charge >= 0.3 is 5.97 Å². The Hall–Kier alpha value is -0.830. The van der Waals surface area contributed by atoms with E-state index in [9.17, 15) is 4.79 Å². The van der Waals surface area contributed by atoms with E-state index in [-0.39, 0.29) is 5.97 Å². The zero-order chi connectivity index (χ0) is 22.8. The molecule has 0 unspecified atom stereocenters. The van der Waals surface area contributed by atoms with E-state index >= 15 is 0 Å². The van der Waals surface area contributed by atoms with Crippen LogP contribution >= 0.6 is 0 Å². The summed E-state index contributed by atoms with van der Waals surface area (Å²) in [5.41, 5.74) is 0.492. The van der Waals surface area contributed by atoms with Gasteiger partial charge in [0, 0.05) is 18.8 Å². The topological polar surface area (TPSA) is 35.5 Å². The molecule has 0 aromatic rings. The average molecular weight is 439 g/mol. The van der Waals surface area contributed by atoms with Gasteiger partial charge in [-0.3, -0.25) is 0 Å². The molecule has 0 radical (unpaired) electrons. The van der Waals surface area contributed by atoms with E-state index < -0.39 is 0 Å². The first-order valence-corrected chi connectivity index (χ1v) is 13.6. The minimum absolute atomic E-state index is 0.254. The molecule has 0 aromatic heterocycles. The molecule has 0 spiro atoms. The van der Waals surface area contributed by atoms with E-state index in [1.807, 2.05) is 0 Å². The van der Waals surface area contributed by atoms with E-state index in [2.05, 4.69) is 13.5 Å². The van der Waals surface area contributed by atoms with Gasteiger partial charge in [0.15, 0.2) is 0 Å². The molecule has 0 fully saturated rings. The number of rotatable bonds is 25. The number of hydrogen-bond acceptors (Lipinski definition) is 3. The fourth-order valence-electron chi connectivity index (χ4n) is 3.92. The van der Waals surface area contributed by atoms with Gasteiger partial charge in [-0.05, 0) is 26.7 Å². The quantitative estimate of drug-likeness (QED) is 0.0810. The van der Waals surface area contributed by atoms with Crippen LogP contribution in [0.25, 0.3) is 0 Å². The summed E-state index contributed by atoms with van der Waals surface area (Å²) in [7, 11) is 0. The Bertz CT molecular complexity index is 392. The van der Waals surface area contributed by atoms with Crippen LogP contribution in [0.4, 0.5) is 0 Å². The van der Waals surface area contributed by atoms with Crippen LogP contribution in [-0.2, 0) is 14.3 Å². The van der Waals surface area contributed by atoms with Crippen molar-refractivity contribution in [2.45, 2.75) is 142 Å². The van der Waals surface area contributed by atoms with Crippen molar-refractivity contribution in [2.24, 2.45) is 0 Å². The lowest BCUT2D eigenvalue weighted by atomic mass is 10.0. The van der Waals surface area contributed by atoms with E-state index in [0.29, 0.717) is 12.2 Å². The largest absolute Gasteiger partial charge is 0.462 e. The van der Waals surface area contributed by atoms with E-state index in [0.717, 1.165) is 26.1 Å². The molecule has 0 rings (SSSR count). The van der Waals surface area contributed by atoms with Crippen LogP contribution in [0.5, 0.6) is 0 Å². The summed E-state index contributed by atoms with van der Waals surface area (Å²) in [5, 5.41) is 0. The lowest BCUT2D eigenvalue weighted by molar-refractivity contribution is -0.139. The molecule has 0 amide bonds. The molecule has 31 heavy (non-hydrogen) atoms. The van der Waals surface area contributed by atoms with E-state index in [4.69, 9.17) is 9.47 Å². The first kappa shape index (κ1) is 30.2. The molecule has 3 nitrogen and oxygen atoms in total. The van der Waals surface area contributed by atoms with Crippen molar-refractivity contribution in [2.75, 3.05) is 19.8 Å². The summed E-state index contributed by atoms with van der Waals surface area (Å²) in [6.07, 6.45) is 27.2. The van der Waals surface area contributed by atoms with E-state index in [1.165, 1.54) is 116 Å². The smallest absolute Gasteiger partial charge is 0.333 e. The Balaban J connectivity index is 3.05. The molecule has 0 heterocycles. The highest BCUT2D eigenvalue weighted by Crippen LogP contribution is 2.15. The third kappa shape index (κ3) is 25.3. The fourth-order valence-corrected chi connectivity index (χ4v) is 3.92. The first-order chi connectivity index (χ1) is 15.2. The molecule has 0 aromatic carbocycles. The number of carbonyl (C=O) groups is 1. The normalized spacial score (nSPS) is 11.0. The lowest BCUT2D eigenvalue weighted by Gasteiger charge is -2.05. The highest BCUT2D eigenvalue weighted by Gasteiger charge is 2.01. The standard InChI is InChI=1S/C28H54O3/c1-4-30-25-23-21-19-17-15-13-11-9-7-5-6-8-10-12-14-16-18-20-22-24-26-31-28(29)27(2)3/h2,4-26H2,1,3H3. The maximum absolute atomic E-state index is 11.2. The van der Waals surface area contributed by atoms with Crippen LogP contribution < -0.4 is 0 Å². The third-order valence-electron chi connectivity index (χ3n) is 5.97. The van der Waals surface area contributed by atoms with Gasteiger partial charge in [0.25, 0.3) is 0 Å². The number of esters is 1. The Morgan fingerprint density at radius 3 is 1.13 bits per heavy atom. The zero-order valence-electron chi connectivity index (χ0n) is 21.2. The minimum atomic E-state index is -0.254. The molecule has 0 aliphatic heterocycles. The Labute approximate surface area is 194 Å². The molecule has 0 bridgehead atoms. The minimum Gasteiger partial charge on any atom is -0.462 e. The maximum atomic E-state index is 11.2. The molecular weight excluding hydrogens is 384 g/mol. The van der Waals surface area contributed by atoms with Crippen LogP contribution in [0, 0.1) is 0 Å². The number of ether oxygens (including phenoxy) is 2. The third-order valence-corrected chi connectivity index (χ3v) is 5.97. The van der Waals surface area contributed by atoms with Crippen molar-refractivity contribution < 1.29 is 14.3 Å². The van der Waals surface area contributed by atoms with Crippen molar-refractivity contribution in [1.29, 1.82) is 0 Å². The molecule has 0 atom stereocenters. The van der Waals surface area contributed by atoms with Gasteiger partial charge in [-0.25, -0.2) is 4.79 Å². The van der Waals surface area contributed by atoms with Crippen molar-refractivity contribution in [1.82, 2.24) is 0 Å². The van der Waals surface area contributed by atoms with Gasteiger partial charge in [-0.2, -0.15) is 0 Å². The highest BCUT2D eigenvalue weighted by molar-refractivity contribution is 5.86. The van der Waals surface area contributed by atoms with Gasteiger partial charge in [-0.1, -0.05) is 122 Å². The van der Waals surface area contributed by atoms with Gasteiger partial charge < -0.3 is 9.47 Å². The molecule has 0 saturated carbocycles. The first-order valence-electron chi connectivity index (χ1n) is 13.6. The molecule has 3 heteroatoms. The fraction of sp³-hybridized carbons (Fsp3) is 0.893. The zero-order valence-corrected chi connectivity index (χ0v) is 21.2. The van der Waals surface area contributed by atoms with Crippen LogP contribution in [0.2, 0.25) is 0 Å². The Kier molecular flexibility index (Phi) is 24.7. The van der Waals surface area contributed by atoms with Crippen LogP contribution in [-0.4, -0.2) is 25.8 Å². The van der Waals surface area contributed by atoms with Gasteiger partial charge in [0.1, 0.15) is 0 Å². The second-order valence-corrected chi connectivity index (χ2v) is 9.18. The highest BCUT2D eigenvalue weighted by atomic mass is 16.5. The molecule has 0 saturated heterocycles. The SMILES string of the molecule is C=C(C)C(=O)OCCCCCCCCCCCCCCCCCCCCCCOCC. The Morgan fingerprint density at radius 1 is 0.548 bits per heavy atom. The summed E-state index contributed by atoms with van der Waals surface area (Å²) in [6.45, 7) is 9.71. The lowest BCUT2D eigenvalue weighted by Crippen LogP contribution is -2.05. The number of carbonyl (C=O) groups excluding carboxylic acids is 1. The predicted octanol–water partition coefficient (Wildman–Crippen LogP) is 8.94. The van der Waals surface area contributed by atoms with Gasteiger partial charge in [0.2, 0.25) is 0 Å². The second kappa shape index (κ2) is 25.4. The summed E-state index contributed by atoms with van der Waals surface area (Å²) < 4.78 is 10.5. The number of unbranched alkanes of at least 4 members (excludes halogenated alkanes) is 19. The molecule has 0 N–H and O–H groups in total. The Morgan fingerprint density at radius 2 is 0.839 bits per heavy atom. The van der Waals surface area contributed by atoms with Gasteiger partial charge in [0.05, 0.1) is 6.61 Å². The van der Waals surface area contributed by atoms with Crippen molar-refractivity contribution in [3.05, 3.63) is 12.2 Å². The number of hydrogen-bond donors (Lipinski definition) is 0. The summed E-state index contributed by atoms with van der Waals surface area (Å²) >= 11 is 0. The summed E-state index contributed by atoms with van der Waals surface area (Å²) in [4.78, 5) is 11.2. The summed E-state index contributed by atoms with van der Waals surface area (Å²) in [5.74, 6) is -0.254. The maximum Gasteiger partial charge on any atom is 0.333 e. The monoisotopic (exact) mass is 438 g/mol. The molecule has 184 valence electrons. The van der Waals surface area contributed by atoms with Crippen molar-refractivity contribution in [3.8, 4) is 0 Å². The van der Waals surface area contributed by atoms with Crippen LogP contribution in [0.1, 0.15) is 142 Å².